The maximum atomic E-state index is 11.1. The Morgan fingerprint density at radius 1 is 1.25 bits per heavy atom. The number of aromatic nitrogens is 4. The number of imidazole rings is 1. The second-order valence-corrected chi connectivity index (χ2v) is 9.13. The van der Waals surface area contributed by atoms with Gasteiger partial charge < -0.3 is 25.1 Å². The van der Waals surface area contributed by atoms with Crippen LogP contribution in [0.15, 0.2) is 28.5 Å². The number of hydroxylamine groups is 1. The third-order valence-electron chi connectivity index (χ3n) is 4.80. The van der Waals surface area contributed by atoms with Crippen LogP contribution in [0.25, 0.3) is 11.2 Å². The van der Waals surface area contributed by atoms with Gasteiger partial charge in [0.1, 0.15) is 6.33 Å². The Balaban J connectivity index is 1.46. The summed E-state index contributed by atoms with van der Waals surface area (Å²) in [4.78, 5) is 25.2. The number of nitrogens with one attached hydrogen (secondary N) is 2. The Kier molecular flexibility index (Phi) is 7.49. The van der Waals surface area contributed by atoms with Gasteiger partial charge in [0.15, 0.2) is 33.6 Å². The van der Waals surface area contributed by atoms with Crippen LogP contribution in [-0.2, 0) is 11.3 Å². The number of hydrogen-bond donors (Lipinski definition) is 4. The molecule has 1 aliphatic rings. The second-order valence-electron chi connectivity index (χ2n) is 6.96. The Bertz CT molecular complexity index is 1130. The van der Waals surface area contributed by atoms with Gasteiger partial charge in [-0.05, 0) is 54.1 Å². The fourth-order valence-corrected chi connectivity index (χ4v) is 4.91. The number of carbonyl (C=O) groups excluding carboxylic acids is 1. The predicted octanol–water partition coefficient (Wildman–Crippen LogP) is 2.16. The highest BCUT2D eigenvalue weighted by Crippen LogP contribution is 2.41. The average molecular weight is 571 g/mol. The van der Waals surface area contributed by atoms with Crippen molar-refractivity contribution in [2.75, 3.05) is 25.6 Å². The number of unbranched alkanes of at least 4 members (excludes halogenated alkanes) is 1. The highest BCUT2D eigenvalue weighted by Gasteiger charge is 2.20. The molecule has 32 heavy (non-hydrogen) atoms. The van der Waals surface area contributed by atoms with E-state index in [1.165, 1.54) is 18.1 Å². The molecule has 0 bridgehead atoms. The zero-order valence-corrected chi connectivity index (χ0v) is 20.0. The average Bonchev–Trinajstić information content (AvgIpc) is 3.38. The van der Waals surface area contributed by atoms with Crippen molar-refractivity contribution >= 4 is 57.2 Å². The molecule has 1 amide bonds. The molecular weight excluding hydrogens is 549 g/mol. The van der Waals surface area contributed by atoms with Gasteiger partial charge >= 0.3 is 0 Å². The summed E-state index contributed by atoms with van der Waals surface area (Å²) in [5, 5.41) is 12.6. The van der Waals surface area contributed by atoms with E-state index in [0.717, 1.165) is 32.3 Å². The van der Waals surface area contributed by atoms with E-state index in [-0.39, 0.29) is 12.7 Å². The third-order valence-corrected chi connectivity index (χ3v) is 7.11. The number of nitrogen functional groups attached to an aromatic ring is 1. The van der Waals surface area contributed by atoms with E-state index in [4.69, 9.17) is 25.4 Å². The topological polar surface area (TPSA) is 149 Å². The van der Waals surface area contributed by atoms with E-state index in [2.05, 4.69) is 37.9 Å². The van der Waals surface area contributed by atoms with E-state index in [1.807, 2.05) is 16.7 Å². The summed E-state index contributed by atoms with van der Waals surface area (Å²) in [6.45, 7) is 2.30. The largest absolute Gasteiger partial charge is 0.454 e. The number of fused-ring (bicyclic) bond motifs is 2. The van der Waals surface area contributed by atoms with Crippen LogP contribution in [0.3, 0.4) is 0 Å². The first-order valence-corrected chi connectivity index (χ1v) is 11.8. The third kappa shape index (κ3) is 5.16. The lowest BCUT2D eigenvalue weighted by Gasteiger charge is -2.10. The molecule has 0 fully saturated rings. The van der Waals surface area contributed by atoms with E-state index < -0.39 is 0 Å². The lowest BCUT2D eigenvalue weighted by atomic mass is 10.2. The molecule has 0 saturated heterocycles. The first-order chi connectivity index (χ1) is 15.6. The molecule has 5 N–H and O–H groups in total. The molecule has 0 spiro atoms. The van der Waals surface area contributed by atoms with Crippen molar-refractivity contribution in [2.24, 2.45) is 0 Å². The molecule has 1 aromatic carbocycles. The fraction of sp³-hybridized carbons (Fsp3) is 0.368. The molecule has 0 atom stereocenters. The number of amides is 1. The van der Waals surface area contributed by atoms with Crippen molar-refractivity contribution < 1.29 is 19.5 Å². The summed E-state index contributed by atoms with van der Waals surface area (Å²) in [6, 6.07) is 3.90. The molecule has 3 heterocycles. The Morgan fingerprint density at radius 3 is 2.88 bits per heavy atom. The maximum absolute atomic E-state index is 11.1. The van der Waals surface area contributed by atoms with Gasteiger partial charge in [-0.25, -0.2) is 20.4 Å². The van der Waals surface area contributed by atoms with Crippen molar-refractivity contribution in [1.29, 1.82) is 0 Å². The molecule has 0 unspecified atom stereocenters. The van der Waals surface area contributed by atoms with E-state index in [1.54, 1.807) is 5.48 Å². The van der Waals surface area contributed by atoms with Gasteiger partial charge in [-0.15, -0.1) is 0 Å². The van der Waals surface area contributed by atoms with Crippen LogP contribution in [0.1, 0.15) is 19.3 Å². The van der Waals surface area contributed by atoms with Crippen molar-refractivity contribution in [1.82, 2.24) is 30.3 Å². The van der Waals surface area contributed by atoms with Crippen molar-refractivity contribution in [3.8, 4) is 11.5 Å². The van der Waals surface area contributed by atoms with Gasteiger partial charge in [-0.3, -0.25) is 10.0 Å². The van der Waals surface area contributed by atoms with Gasteiger partial charge in [-0.1, -0.05) is 11.8 Å². The molecule has 4 rings (SSSR count). The summed E-state index contributed by atoms with van der Waals surface area (Å²) in [7, 11) is 0. The first-order valence-electron chi connectivity index (χ1n) is 9.94. The molecule has 11 nitrogen and oxygen atoms in total. The number of halogens is 1. The molecule has 1 aliphatic heterocycles. The quantitative estimate of drug-likeness (QED) is 0.123. The lowest BCUT2D eigenvalue weighted by Crippen LogP contribution is -2.22. The van der Waals surface area contributed by atoms with Gasteiger partial charge in [0, 0.05) is 28.0 Å². The summed E-state index contributed by atoms with van der Waals surface area (Å²) in [5.41, 5.74) is 8.93. The summed E-state index contributed by atoms with van der Waals surface area (Å²) in [6.07, 6.45) is 3.26. The van der Waals surface area contributed by atoms with Crippen LogP contribution in [0.2, 0.25) is 0 Å². The maximum Gasteiger partial charge on any atom is 0.243 e. The van der Waals surface area contributed by atoms with Gasteiger partial charge in [0.05, 0.1) is 0 Å². The number of carbonyl (C=O) groups is 1. The SMILES string of the molecule is Nc1ncnc2c1nc(Sc1cc3c(cc1I)OCO3)n2CCNCCCCC(=O)NO. The van der Waals surface area contributed by atoms with Crippen molar-refractivity contribution in [3.63, 3.8) is 0 Å². The zero-order valence-electron chi connectivity index (χ0n) is 17.0. The Morgan fingerprint density at radius 2 is 2.06 bits per heavy atom. The van der Waals surface area contributed by atoms with Crippen LogP contribution in [0.4, 0.5) is 5.82 Å². The summed E-state index contributed by atoms with van der Waals surface area (Å²) < 4.78 is 14.0. The van der Waals surface area contributed by atoms with Crippen LogP contribution >= 0.6 is 34.4 Å². The minimum absolute atomic E-state index is 0.223. The highest BCUT2D eigenvalue weighted by atomic mass is 127. The number of anilines is 1. The van der Waals surface area contributed by atoms with Crippen LogP contribution in [0, 0.1) is 3.57 Å². The number of nitrogens with zero attached hydrogens (tertiary/aromatic N) is 4. The zero-order chi connectivity index (χ0) is 22.5. The normalized spacial score (nSPS) is 12.4. The van der Waals surface area contributed by atoms with E-state index in [9.17, 15) is 4.79 Å². The van der Waals surface area contributed by atoms with Crippen LogP contribution in [0.5, 0.6) is 11.5 Å². The molecule has 0 aliphatic carbocycles. The highest BCUT2D eigenvalue weighted by molar-refractivity contribution is 14.1. The van der Waals surface area contributed by atoms with Gasteiger partial charge in [-0.2, -0.15) is 0 Å². The van der Waals surface area contributed by atoms with E-state index >= 15 is 0 Å². The second kappa shape index (κ2) is 10.5. The number of hydrogen-bond acceptors (Lipinski definition) is 10. The Hall–Kier alpha value is -2.36. The van der Waals surface area contributed by atoms with E-state index in [0.29, 0.717) is 48.7 Å². The van der Waals surface area contributed by atoms with Crippen LogP contribution < -0.4 is 26.0 Å². The molecule has 13 heteroatoms. The monoisotopic (exact) mass is 571 g/mol. The minimum Gasteiger partial charge on any atom is -0.454 e. The first kappa shape index (κ1) is 22.8. The van der Waals surface area contributed by atoms with Gasteiger partial charge in [0.2, 0.25) is 12.7 Å². The summed E-state index contributed by atoms with van der Waals surface area (Å²) in [5.74, 6) is 1.42. The van der Waals surface area contributed by atoms with Crippen LogP contribution in [-0.4, -0.2) is 50.5 Å². The summed E-state index contributed by atoms with van der Waals surface area (Å²) >= 11 is 3.78. The van der Waals surface area contributed by atoms with Gasteiger partial charge in [0.25, 0.3) is 0 Å². The standard InChI is InChI=1S/C19H22IN7O4S/c20-11-7-12-13(31-10-30-12)8-14(11)32-19-25-16-17(21)23-9-24-18(16)27(19)6-5-22-4-2-1-3-15(28)26-29/h7-9,22,29H,1-6,10H2,(H,26,28)(H2,21,23,24). The molecule has 0 radical (unpaired) electrons. The number of rotatable bonds is 10. The molecule has 0 saturated carbocycles. The number of benzene rings is 1. The lowest BCUT2D eigenvalue weighted by molar-refractivity contribution is -0.129. The minimum atomic E-state index is -0.369. The predicted molar refractivity (Wildman–Crippen MR) is 126 cm³/mol. The van der Waals surface area contributed by atoms with Crippen molar-refractivity contribution in [3.05, 3.63) is 22.0 Å². The molecule has 170 valence electrons. The Labute approximate surface area is 201 Å². The molecule has 3 aromatic rings. The number of nitrogens with two attached hydrogens (primary N) is 1. The fourth-order valence-electron chi connectivity index (χ4n) is 3.20. The molecule has 2 aromatic heterocycles. The molecular formula is C19H22IN7O4S. The number of ether oxygens (including phenoxy) is 2. The smallest absolute Gasteiger partial charge is 0.243 e. The van der Waals surface area contributed by atoms with Crippen molar-refractivity contribution in [2.45, 2.75) is 35.9 Å².